The van der Waals surface area contributed by atoms with E-state index in [0.717, 1.165) is 0 Å². The fourth-order valence-electron chi connectivity index (χ4n) is 6.87. The lowest BCUT2D eigenvalue weighted by Gasteiger charge is -2.28. The molecule has 0 unspecified atom stereocenters. The van der Waals surface area contributed by atoms with Crippen molar-refractivity contribution in [2.45, 2.75) is 115 Å². The molecule has 7 atom stereocenters. The maximum atomic E-state index is 14.2. The van der Waals surface area contributed by atoms with E-state index in [9.17, 15) is 43.5 Å². The second-order valence-electron chi connectivity index (χ2n) is 17.3. The number of aromatic hydroxyl groups is 1. The third-order valence-corrected chi connectivity index (χ3v) is 10.8. The molecule has 0 radical (unpaired) electrons. The minimum absolute atomic E-state index is 0.0204. The van der Waals surface area contributed by atoms with Crippen molar-refractivity contribution in [3.63, 3.8) is 0 Å². The van der Waals surface area contributed by atoms with E-state index in [1.807, 2.05) is 20.8 Å². The van der Waals surface area contributed by atoms with Crippen LogP contribution in [0.4, 0.5) is 0 Å². The molecule has 0 bridgehead atoms. The van der Waals surface area contributed by atoms with Gasteiger partial charge in [-0.3, -0.25) is 48.3 Å². The Bertz CT molecular complexity index is 2100. The summed E-state index contributed by atoms with van der Waals surface area (Å²) in [6, 6.07) is 7.76. The van der Waals surface area contributed by atoms with Crippen molar-refractivity contribution in [3.05, 3.63) is 65.7 Å². The molecule has 0 spiro atoms. The van der Waals surface area contributed by atoms with E-state index in [1.54, 1.807) is 49.4 Å². The number of carbonyl (C=O) groups is 8. The molecular formula is C46H73N15O9. The molecule has 386 valence electrons. The number of carbonyl (C=O) groups excluding carboxylic acids is 8. The van der Waals surface area contributed by atoms with Crippen molar-refractivity contribution >= 4 is 59.2 Å². The number of hydrogen-bond acceptors (Lipinski definition) is 12. The van der Waals surface area contributed by atoms with Crippen LogP contribution in [-0.4, -0.2) is 127 Å². The maximum Gasteiger partial charge on any atom is 0.243 e. The molecule has 70 heavy (non-hydrogen) atoms. The van der Waals surface area contributed by atoms with Crippen LogP contribution in [0.1, 0.15) is 77.3 Å². The number of hydrogen-bond donors (Lipinski definition) is 14. The summed E-state index contributed by atoms with van der Waals surface area (Å²) in [5.74, 6) is -6.68. The zero-order valence-corrected chi connectivity index (χ0v) is 40.4. The van der Waals surface area contributed by atoms with Crippen molar-refractivity contribution in [1.29, 1.82) is 0 Å². The molecule has 8 amide bonds. The summed E-state index contributed by atoms with van der Waals surface area (Å²) in [5.41, 5.74) is 34.9. The molecule has 0 aliphatic rings. The molecule has 2 rings (SSSR count). The average Bonchev–Trinajstić information content (AvgIpc) is 3.30. The zero-order chi connectivity index (χ0) is 52.3. The molecule has 0 saturated heterocycles. The van der Waals surface area contributed by atoms with Crippen LogP contribution in [0.5, 0.6) is 5.75 Å². The summed E-state index contributed by atoms with van der Waals surface area (Å²) in [4.78, 5) is 115. The van der Waals surface area contributed by atoms with Crippen LogP contribution in [0.15, 0.2) is 64.6 Å². The fraction of sp³-hybridized carbons (Fsp3) is 0.522. The van der Waals surface area contributed by atoms with E-state index in [-0.39, 0.29) is 87.5 Å². The third kappa shape index (κ3) is 23.0. The van der Waals surface area contributed by atoms with Gasteiger partial charge in [0, 0.05) is 19.5 Å². The summed E-state index contributed by atoms with van der Waals surface area (Å²) < 4.78 is 0. The van der Waals surface area contributed by atoms with E-state index < -0.39 is 96.6 Å². The van der Waals surface area contributed by atoms with Crippen LogP contribution in [0, 0.1) is 11.8 Å². The fourth-order valence-corrected chi connectivity index (χ4v) is 6.87. The highest BCUT2D eigenvalue weighted by Crippen LogP contribution is 2.13. The zero-order valence-electron chi connectivity index (χ0n) is 40.4. The molecule has 0 aliphatic heterocycles. The highest BCUT2D eigenvalue weighted by Gasteiger charge is 2.33. The number of guanidine groups is 2. The number of rotatable bonds is 31. The lowest BCUT2D eigenvalue weighted by atomic mass is 9.97. The summed E-state index contributed by atoms with van der Waals surface area (Å²) in [6.45, 7) is 6.31. The van der Waals surface area contributed by atoms with E-state index in [0.29, 0.717) is 17.5 Å². The van der Waals surface area contributed by atoms with Gasteiger partial charge in [-0.25, -0.2) is 0 Å². The van der Waals surface area contributed by atoms with Gasteiger partial charge < -0.3 is 76.7 Å². The number of nitrogens with two attached hydrogens (primary N) is 6. The first-order chi connectivity index (χ1) is 33.1. The predicted octanol–water partition coefficient (Wildman–Crippen LogP) is -3.15. The molecule has 2 aromatic carbocycles. The van der Waals surface area contributed by atoms with Gasteiger partial charge in [-0.1, -0.05) is 76.6 Å². The van der Waals surface area contributed by atoms with Crippen LogP contribution in [0.2, 0.25) is 0 Å². The van der Waals surface area contributed by atoms with Gasteiger partial charge in [-0.2, -0.15) is 0 Å². The first-order valence-corrected chi connectivity index (χ1v) is 23.1. The summed E-state index contributed by atoms with van der Waals surface area (Å²) in [7, 11) is 0. The van der Waals surface area contributed by atoms with Gasteiger partial charge in [0.15, 0.2) is 11.9 Å². The van der Waals surface area contributed by atoms with Crippen LogP contribution in [0.3, 0.4) is 0 Å². The monoisotopic (exact) mass is 980 g/mol. The molecule has 20 N–H and O–H groups in total. The van der Waals surface area contributed by atoms with Crippen molar-refractivity contribution in [2.75, 3.05) is 26.2 Å². The summed E-state index contributed by atoms with van der Waals surface area (Å²) in [6.07, 6.45) is 1.14. The number of benzene rings is 2. The second kappa shape index (κ2) is 30.8. The van der Waals surface area contributed by atoms with Gasteiger partial charge in [0.1, 0.15) is 36.0 Å². The Morgan fingerprint density at radius 1 is 0.571 bits per heavy atom. The Labute approximate surface area is 408 Å². The maximum absolute atomic E-state index is 14.2. The average molecular weight is 980 g/mol. The van der Waals surface area contributed by atoms with Crippen LogP contribution in [-0.2, 0) is 51.2 Å². The van der Waals surface area contributed by atoms with E-state index in [4.69, 9.17) is 34.4 Å². The molecule has 0 aliphatic carbocycles. The van der Waals surface area contributed by atoms with Crippen molar-refractivity contribution in [2.24, 2.45) is 56.2 Å². The first-order valence-electron chi connectivity index (χ1n) is 23.1. The Kier molecular flexibility index (Phi) is 25.8. The van der Waals surface area contributed by atoms with Crippen molar-refractivity contribution in [3.8, 4) is 5.75 Å². The van der Waals surface area contributed by atoms with Crippen molar-refractivity contribution < 1.29 is 43.5 Å². The van der Waals surface area contributed by atoms with Crippen LogP contribution >= 0.6 is 0 Å². The number of primary amides is 1. The Morgan fingerprint density at radius 2 is 1.06 bits per heavy atom. The summed E-state index contributed by atoms with van der Waals surface area (Å²) >= 11 is 0. The van der Waals surface area contributed by atoms with Gasteiger partial charge in [0.05, 0.1) is 19.1 Å². The van der Waals surface area contributed by atoms with E-state index in [1.165, 1.54) is 12.1 Å². The lowest BCUT2D eigenvalue weighted by molar-refractivity contribution is -0.135. The highest BCUT2D eigenvalue weighted by atomic mass is 16.3. The van der Waals surface area contributed by atoms with Crippen LogP contribution in [0.25, 0.3) is 0 Å². The molecule has 24 heteroatoms. The molecule has 24 nitrogen and oxygen atoms in total. The second-order valence-corrected chi connectivity index (χ2v) is 17.3. The van der Waals surface area contributed by atoms with Crippen molar-refractivity contribution in [1.82, 2.24) is 37.2 Å². The van der Waals surface area contributed by atoms with E-state index in [2.05, 4.69) is 47.2 Å². The molecule has 0 saturated carbocycles. The topological polar surface area (TPSA) is 422 Å². The standard InChI is InChI=1S/C46H73N15O9/c1-5-27(4)38(39(48)65)61-42(68)33(14-10-20-54-46(51)52)58-41(67)32(13-9-19-53-45(49)50)59-43(69)34(21-26(2)3)60-44(70)35(23-28-11-7-6-8-12-28)57-37(64)25-55-36(63)24-56-40(66)31(47)22-29-15-17-30(62)18-16-29/h6-8,11-12,15-18,26-27,31-35,38,62H,5,9-10,13-14,19-25,47H2,1-4H3,(H2,48,65)(H,55,63)(H,56,66)(H,57,64)(H,58,67)(H,59,69)(H,60,70)(H,61,68)(H4,49,50,53)(H4,51,52,54)/t27-,31-,32-,33-,34-,35+,38-/m0/s1. The first kappa shape index (κ1) is 58.6. The molecular weight excluding hydrogens is 907 g/mol. The number of aliphatic imine (C=N–C) groups is 2. The van der Waals surface area contributed by atoms with Gasteiger partial charge in [-0.15, -0.1) is 0 Å². The lowest BCUT2D eigenvalue weighted by Crippen LogP contribution is -2.60. The largest absolute Gasteiger partial charge is 0.508 e. The van der Waals surface area contributed by atoms with E-state index >= 15 is 0 Å². The minimum atomic E-state index is -1.30. The minimum Gasteiger partial charge on any atom is -0.508 e. The van der Waals surface area contributed by atoms with Crippen LogP contribution < -0.4 is 71.6 Å². The Balaban J connectivity index is 2.29. The number of amides is 8. The smallest absolute Gasteiger partial charge is 0.243 e. The third-order valence-electron chi connectivity index (χ3n) is 10.8. The van der Waals surface area contributed by atoms with Gasteiger partial charge >= 0.3 is 0 Å². The normalized spacial score (nSPS) is 13.9. The van der Waals surface area contributed by atoms with Gasteiger partial charge in [-0.05, 0) is 73.6 Å². The highest BCUT2D eigenvalue weighted by molar-refractivity contribution is 5.97. The Morgan fingerprint density at radius 3 is 1.57 bits per heavy atom. The SMILES string of the molecule is CC[C@H](C)[C@H](NC(=O)[C@H](CCCN=C(N)N)NC(=O)[C@H](CCCN=C(N)N)NC(=O)[C@H](CC(C)C)NC(=O)[C@@H](Cc1ccccc1)NC(=O)CNC(=O)CNC(=O)[C@@H](N)Cc1ccc(O)cc1)C(N)=O. The number of nitrogens with one attached hydrogen (secondary N) is 7. The predicted molar refractivity (Wildman–Crippen MR) is 264 cm³/mol. The molecule has 2 aromatic rings. The molecule has 0 heterocycles. The van der Waals surface area contributed by atoms with Gasteiger partial charge in [0.25, 0.3) is 0 Å². The number of nitrogens with zero attached hydrogens (tertiary/aromatic N) is 2. The number of phenols is 1. The Hall–Kier alpha value is -7.50. The number of phenolic OH excluding ortho intramolecular Hbond substituents is 1. The van der Waals surface area contributed by atoms with Gasteiger partial charge in [0.2, 0.25) is 47.3 Å². The summed E-state index contributed by atoms with van der Waals surface area (Å²) in [5, 5.41) is 27.7. The molecule has 0 aromatic heterocycles. The quantitative estimate of drug-likeness (QED) is 0.0202. The molecule has 0 fully saturated rings.